The van der Waals surface area contributed by atoms with Crippen molar-refractivity contribution in [3.63, 3.8) is 0 Å². The fourth-order valence-electron chi connectivity index (χ4n) is 2.27. The number of pyridine rings is 1. The van der Waals surface area contributed by atoms with E-state index in [4.69, 9.17) is 0 Å². The number of thiazole rings is 1. The smallest absolute Gasteiger partial charge is 0.336 e. The monoisotopic (exact) mass is 328 g/mol. The first kappa shape index (κ1) is 15.4. The summed E-state index contributed by atoms with van der Waals surface area (Å²) in [7, 11) is 0. The molecule has 0 saturated heterocycles. The Hall–Kier alpha value is -2.54. The number of hydrogen-bond acceptors (Lipinski definition) is 5. The Bertz CT molecular complexity index is 868. The molecule has 1 atom stereocenters. The van der Waals surface area contributed by atoms with Crippen LogP contribution in [0.1, 0.15) is 47.2 Å². The van der Waals surface area contributed by atoms with Crippen molar-refractivity contribution in [1.82, 2.24) is 19.7 Å². The molecular weight excluding hydrogens is 312 g/mol. The van der Waals surface area contributed by atoms with Gasteiger partial charge >= 0.3 is 5.97 Å². The lowest BCUT2D eigenvalue weighted by Crippen LogP contribution is -2.07. The van der Waals surface area contributed by atoms with Gasteiger partial charge in [-0.2, -0.15) is 5.10 Å². The highest BCUT2D eigenvalue weighted by Crippen LogP contribution is 2.23. The van der Waals surface area contributed by atoms with E-state index >= 15 is 0 Å². The molecule has 3 aromatic rings. The molecule has 0 fully saturated rings. The Kier molecular flexibility index (Phi) is 4.20. The summed E-state index contributed by atoms with van der Waals surface area (Å²) >= 11 is 1.51. The number of fused-ring (bicyclic) bond motifs is 1. The normalized spacial score (nSPS) is 13.0. The minimum Gasteiger partial charge on any atom is -0.478 e. The van der Waals surface area contributed by atoms with Gasteiger partial charge in [0.05, 0.1) is 34.4 Å². The number of carboxylic acid groups (broad SMARTS) is 1. The lowest BCUT2D eigenvalue weighted by Gasteiger charge is -2.10. The molecule has 0 aliphatic heterocycles. The zero-order chi connectivity index (χ0) is 16.4. The van der Waals surface area contributed by atoms with Crippen LogP contribution in [0.4, 0.5) is 0 Å². The van der Waals surface area contributed by atoms with E-state index in [9.17, 15) is 9.90 Å². The minimum absolute atomic E-state index is 0.155. The summed E-state index contributed by atoms with van der Waals surface area (Å²) in [5.41, 5.74) is 3.15. The van der Waals surface area contributed by atoms with Crippen LogP contribution in [-0.4, -0.2) is 30.8 Å². The third kappa shape index (κ3) is 3.00. The minimum atomic E-state index is -0.978. The molecule has 3 aromatic heterocycles. The van der Waals surface area contributed by atoms with Gasteiger partial charge in [-0.3, -0.25) is 4.98 Å². The Morgan fingerprint density at radius 2 is 2.26 bits per heavy atom. The molecule has 0 radical (unpaired) electrons. The number of carbonyl (C=O) groups is 1. The highest BCUT2D eigenvalue weighted by molar-refractivity contribution is 7.10. The lowest BCUT2D eigenvalue weighted by atomic mass is 10.1. The molecular formula is C16H16N4O2S. The zero-order valence-electron chi connectivity index (χ0n) is 12.8. The molecule has 3 heterocycles. The van der Waals surface area contributed by atoms with Crippen LogP contribution in [-0.2, 0) is 0 Å². The Balaban J connectivity index is 2.13. The molecule has 118 valence electrons. The third-order valence-electron chi connectivity index (χ3n) is 3.70. The van der Waals surface area contributed by atoms with Crippen molar-refractivity contribution >= 4 is 40.5 Å². The molecule has 0 aliphatic carbocycles. The van der Waals surface area contributed by atoms with Crippen molar-refractivity contribution in [2.75, 3.05) is 0 Å². The van der Waals surface area contributed by atoms with Crippen molar-refractivity contribution in [2.24, 2.45) is 0 Å². The van der Waals surface area contributed by atoms with Crippen molar-refractivity contribution < 1.29 is 9.90 Å². The average Bonchev–Trinajstić information content (AvgIpc) is 3.20. The van der Waals surface area contributed by atoms with E-state index in [1.165, 1.54) is 11.3 Å². The van der Waals surface area contributed by atoms with Gasteiger partial charge in [0.15, 0.2) is 5.65 Å². The Morgan fingerprint density at radius 1 is 1.43 bits per heavy atom. The summed E-state index contributed by atoms with van der Waals surface area (Å²) in [6.45, 7) is 4.10. The van der Waals surface area contributed by atoms with Crippen LogP contribution in [0.5, 0.6) is 0 Å². The standard InChI is InChI=1S/C16H16N4O2S/c1-3-10(2)20-15-14(8-18-20)13(16(21)22)6-11(19-15)4-5-12-7-17-9-23-12/h4-10H,3H2,1-2H3,(H,21,22)/b5-4+. The lowest BCUT2D eigenvalue weighted by molar-refractivity contribution is 0.0699. The molecule has 7 heteroatoms. The van der Waals surface area contributed by atoms with Gasteiger partial charge in [0, 0.05) is 11.1 Å². The van der Waals surface area contributed by atoms with Crippen LogP contribution in [0.2, 0.25) is 0 Å². The molecule has 6 nitrogen and oxygen atoms in total. The summed E-state index contributed by atoms with van der Waals surface area (Å²) in [5, 5.41) is 14.3. The summed E-state index contributed by atoms with van der Waals surface area (Å²) < 4.78 is 1.78. The van der Waals surface area contributed by atoms with E-state index < -0.39 is 5.97 Å². The summed E-state index contributed by atoms with van der Waals surface area (Å²) in [6, 6.07) is 1.73. The summed E-state index contributed by atoms with van der Waals surface area (Å²) in [5.74, 6) is -0.978. The maximum Gasteiger partial charge on any atom is 0.336 e. The first-order chi connectivity index (χ1) is 11.1. The Morgan fingerprint density at radius 3 is 2.91 bits per heavy atom. The third-order valence-corrected chi connectivity index (χ3v) is 4.44. The van der Waals surface area contributed by atoms with Gasteiger partial charge < -0.3 is 5.11 Å². The number of nitrogens with zero attached hydrogens (tertiary/aromatic N) is 4. The molecule has 1 unspecified atom stereocenters. The molecule has 0 spiro atoms. The van der Waals surface area contributed by atoms with Gasteiger partial charge in [0.25, 0.3) is 0 Å². The second-order valence-electron chi connectivity index (χ2n) is 5.22. The predicted molar refractivity (Wildman–Crippen MR) is 90.5 cm³/mol. The van der Waals surface area contributed by atoms with Gasteiger partial charge in [0.1, 0.15) is 0 Å². The van der Waals surface area contributed by atoms with Crippen molar-refractivity contribution in [1.29, 1.82) is 0 Å². The van der Waals surface area contributed by atoms with Crippen molar-refractivity contribution in [3.8, 4) is 0 Å². The fraction of sp³-hybridized carbons (Fsp3) is 0.250. The maximum atomic E-state index is 11.6. The van der Waals surface area contributed by atoms with E-state index in [1.807, 2.05) is 13.0 Å². The highest BCUT2D eigenvalue weighted by atomic mass is 32.1. The van der Waals surface area contributed by atoms with E-state index in [0.717, 1.165) is 11.3 Å². The van der Waals surface area contributed by atoms with Crippen molar-refractivity contribution in [3.05, 3.63) is 40.1 Å². The van der Waals surface area contributed by atoms with Crippen LogP contribution in [0.3, 0.4) is 0 Å². The second kappa shape index (κ2) is 6.29. The number of carboxylic acids is 1. The van der Waals surface area contributed by atoms with Crippen LogP contribution in [0.15, 0.2) is 24.0 Å². The quantitative estimate of drug-likeness (QED) is 0.772. The first-order valence-electron chi connectivity index (χ1n) is 7.28. The topological polar surface area (TPSA) is 80.9 Å². The number of aromatic nitrogens is 4. The average molecular weight is 328 g/mol. The summed E-state index contributed by atoms with van der Waals surface area (Å²) in [4.78, 5) is 21.1. The molecule has 23 heavy (non-hydrogen) atoms. The van der Waals surface area contributed by atoms with Gasteiger partial charge in [-0.1, -0.05) is 6.92 Å². The largest absolute Gasteiger partial charge is 0.478 e. The van der Waals surface area contributed by atoms with Gasteiger partial charge in [-0.05, 0) is 31.6 Å². The second-order valence-corrected chi connectivity index (χ2v) is 6.14. The van der Waals surface area contributed by atoms with Gasteiger partial charge in [-0.25, -0.2) is 14.5 Å². The molecule has 0 amide bonds. The molecule has 0 saturated carbocycles. The van der Waals surface area contributed by atoms with Crippen LogP contribution < -0.4 is 0 Å². The molecule has 0 aromatic carbocycles. The number of hydrogen-bond donors (Lipinski definition) is 1. The van der Waals surface area contributed by atoms with E-state index in [2.05, 4.69) is 22.0 Å². The molecule has 1 N–H and O–H groups in total. The van der Waals surface area contributed by atoms with Crippen molar-refractivity contribution in [2.45, 2.75) is 26.3 Å². The van der Waals surface area contributed by atoms with Gasteiger partial charge in [-0.15, -0.1) is 11.3 Å². The van der Waals surface area contributed by atoms with Gasteiger partial charge in [0.2, 0.25) is 0 Å². The predicted octanol–water partition coefficient (Wildman–Crippen LogP) is 3.73. The zero-order valence-corrected chi connectivity index (χ0v) is 13.6. The highest BCUT2D eigenvalue weighted by Gasteiger charge is 2.17. The molecule has 0 aliphatic rings. The molecule has 3 rings (SSSR count). The maximum absolute atomic E-state index is 11.6. The first-order valence-corrected chi connectivity index (χ1v) is 8.16. The fourth-order valence-corrected chi connectivity index (χ4v) is 2.78. The molecule has 0 bridgehead atoms. The number of aromatic carboxylic acids is 1. The van der Waals surface area contributed by atoms with E-state index in [-0.39, 0.29) is 11.6 Å². The number of rotatable bonds is 5. The van der Waals surface area contributed by atoms with Crippen LogP contribution >= 0.6 is 11.3 Å². The van der Waals surface area contributed by atoms with E-state index in [0.29, 0.717) is 16.7 Å². The van der Waals surface area contributed by atoms with Crippen LogP contribution in [0, 0.1) is 0 Å². The summed E-state index contributed by atoms with van der Waals surface area (Å²) in [6.07, 6.45) is 7.90. The van der Waals surface area contributed by atoms with Crippen LogP contribution in [0.25, 0.3) is 23.2 Å². The Labute approximate surface area is 137 Å². The SMILES string of the molecule is CCC(C)n1ncc2c(C(=O)O)cc(/C=C/c3cncs3)nc21. The van der Waals surface area contributed by atoms with E-state index in [1.54, 1.807) is 34.7 Å².